The number of carboxylic acid groups (broad SMARTS) is 1. The molecule has 6 nitrogen and oxygen atoms in total. The molecule has 0 aromatic heterocycles. The van der Waals surface area contributed by atoms with Gasteiger partial charge in [-0.1, -0.05) is 32.9 Å². The van der Waals surface area contributed by atoms with Crippen LogP contribution in [0, 0.1) is 16.7 Å². The summed E-state index contributed by atoms with van der Waals surface area (Å²) in [6.07, 6.45) is 0. The van der Waals surface area contributed by atoms with Crippen LogP contribution in [0.4, 0.5) is 0 Å². The first kappa shape index (κ1) is 17.1. The molecule has 1 aromatic rings. The highest BCUT2D eigenvalue weighted by Crippen LogP contribution is 2.21. The molecule has 0 bridgehead atoms. The Morgan fingerprint density at radius 2 is 2.05 bits per heavy atom. The van der Waals surface area contributed by atoms with E-state index in [1.54, 1.807) is 39.0 Å². The van der Waals surface area contributed by atoms with E-state index >= 15 is 0 Å². The lowest BCUT2D eigenvalue weighted by Gasteiger charge is -2.27. The molecule has 114 valence electrons. The van der Waals surface area contributed by atoms with Crippen molar-refractivity contribution in [1.29, 1.82) is 5.26 Å². The van der Waals surface area contributed by atoms with Crippen LogP contribution in [-0.2, 0) is 20.6 Å². The minimum absolute atomic E-state index is 0.355. The Kier molecular flexibility index (Phi) is 5.10. The van der Waals surface area contributed by atoms with E-state index in [-0.39, 0.29) is 5.75 Å². The molecule has 0 aliphatic carbocycles. The van der Waals surface area contributed by atoms with Crippen molar-refractivity contribution in [2.24, 2.45) is 5.41 Å². The summed E-state index contributed by atoms with van der Waals surface area (Å²) in [6, 6.07) is 6.90. The van der Waals surface area contributed by atoms with E-state index in [1.165, 1.54) is 6.07 Å². The van der Waals surface area contributed by atoms with Gasteiger partial charge in [-0.15, -0.1) is 0 Å². The number of nitrogens with zero attached hydrogens (tertiary/aromatic N) is 1. The highest BCUT2D eigenvalue weighted by Gasteiger charge is 2.34. The first-order valence-electron chi connectivity index (χ1n) is 6.27. The average Bonchev–Trinajstić information content (AvgIpc) is 2.34. The van der Waals surface area contributed by atoms with Crippen LogP contribution in [-0.4, -0.2) is 25.5 Å². The molecule has 1 atom stereocenters. The molecule has 0 spiro atoms. The van der Waals surface area contributed by atoms with E-state index in [1.807, 2.05) is 6.07 Å². The number of sulfonamides is 1. The van der Waals surface area contributed by atoms with Crippen LogP contribution in [0.15, 0.2) is 24.3 Å². The normalized spacial score (nSPS) is 13.4. The van der Waals surface area contributed by atoms with Crippen LogP contribution < -0.4 is 4.72 Å². The van der Waals surface area contributed by atoms with Gasteiger partial charge in [-0.3, -0.25) is 4.79 Å². The Labute approximate surface area is 124 Å². The maximum absolute atomic E-state index is 12.1. The molecule has 2 N–H and O–H groups in total. The van der Waals surface area contributed by atoms with Crippen LogP contribution in [0.25, 0.3) is 0 Å². The van der Waals surface area contributed by atoms with E-state index < -0.39 is 27.4 Å². The van der Waals surface area contributed by atoms with Gasteiger partial charge in [0, 0.05) is 0 Å². The average molecular weight is 310 g/mol. The predicted octanol–water partition coefficient (Wildman–Crippen LogP) is 1.48. The monoisotopic (exact) mass is 310 g/mol. The molecule has 0 amide bonds. The van der Waals surface area contributed by atoms with E-state index in [0.29, 0.717) is 11.1 Å². The molecule has 0 heterocycles. The van der Waals surface area contributed by atoms with Crippen molar-refractivity contribution >= 4 is 16.0 Å². The fourth-order valence-electron chi connectivity index (χ4n) is 1.77. The minimum atomic E-state index is -3.83. The van der Waals surface area contributed by atoms with Gasteiger partial charge < -0.3 is 5.11 Å². The third-order valence-electron chi connectivity index (χ3n) is 2.82. The number of rotatable bonds is 5. The fraction of sp³-hybridized carbons (Fsp3) is 0.429. The highest BCUT2D eigenvalue weighted by molar-refractivity contribution is 7.88. The van der Waals surface area contributed by atoms with Crippen molar-refractivity contribution in [2.45, 2.75) is 32.6 Å². The zero-order valence-corrected chi connectivity index (χ0v) is 12.9. The van der Waals surface area contributed by atoms with Gasteiger partial charge in [-0.05, 0) is 23.1 Å². The molecule has 0 fully saturated rings. The van der Waals surface area contributed by atoms with Gasteiger partial charge in [0.15, 0.2) is 0 Å². The van der Waals surface area contributed by atoms with E-state index in [4.69, 9.17) is 10.4 Å². The van der Waals surface area contributed by atoms with Crippen molar-refractivity contribution in [3.63, 3.8) is 0 Å². The number of carbonyl (C=O) groups is 1. The van der Waals surface area contributed by atoms with Gasteiger partial charge in [-0.25, -0.2) is 13.1 Å². The third kappa shape index (κ3) is 5.17. The molecule has 1 aromatic carbocycles. The van der Waals surface area contributed by atoms with Gasteiger partial charge >= 0.3 is 5.97 Å². The van der Waals surface area contributed by atoms with Gasteiger partial charge in [-0.2, -0.15) is 5.26 Å². The number of nitrogens with one attached hydrogen (secondary N) is 1. The lowest BCUT2D eigenvalue weighted by atomic mass is 9.88. The molecular formula is C14H18N2O4S. The quantitative estimate of drug-likeness (QED) is 0.856. The Morgan fingerprint density at radius 3 is 2.52 bits per heavy atom. The fourth-order valence-corrected chi connectivity index (χ4v) is 3.28. The van der Waals surface area contributed by atoms with Crippen molar-refractivity contribution in [3.05, 3.63) is 35.4 Å². The number of hydrogen-bond donors (Lipinski definition) is 2. The molecule has 0 radical (unpaired) electrons. The summed E-state index contributed by atoms with van der Waals surface area (Å²) in [5.74, 6) is -1.60. The van der Waals surface area contributed by atoms with E-state index in [2.05, 4.69) is 4.72 Å². The summed E-state index contributed by atoms with van der Waals surface area (Å²) in [7, 11) is -3.83. The standard InChI is InChI=1S/C14H18N2O4S/c1-14(2,3)12(13(17)18)16-21(19,20)9-11-6-4-5-10(7-11)8-15/h4-7,12,16H,9H2,1-3H3,(H,17,18). The summed E-state index contributed by atoms with van der Waals surface area (Å²) in [5.41, 5.74) is 0.0286. The van der Waals surface area contributed by atoms with E-state index in [9.17, 15) is 13.2 Å². The lowest BCUT2D eigenvalue weighted by Crippen LogP contribution is -2.49. The second-order valence-electron chi connectivity index (χ2n) is 5.83. The first-order chi connectivity index (χ1) is 9.55. The molecule has 0 aliphatic heterocycles. The van der Waals surface area contributed by atoms with Crippen LogP contribution in [0.5, 0.6) is 0 Å². The summed E-state index contributed by atoms with van der Waals surface area (Å²) >= 11 is 0. The van der Waals surface area contributed by atoms with Gasteiger partial charge in [0.25, 0.3) is 0 Å². The predicted molar refractivity (Wildman–Crippen MR) is 77.8 cm³/mol. The largest absolute Gasteiger partial charge is 0.480 e. The smallest absolute Gasteiger partial charge is 0.322 e. The third-order valence-corrected chi connectivity index (χ3v) is 4.13. The second kappa shape index (κ2) is 6.24. The second-order valence-corrected chi connectivity index (χ2v) is 7.58. The Morgan fingerprint density at radius 1 is 1.43 bits per heavy atom. The molecule has 21 heavy (non-hydrogen) atoms. The number of nitriles is 1. The number of aliphatic carboxylic acids is 1. The van der Waals surface area contributed by atoms with Crippen molar-refractivity contribution in [2.75, 3.05) is 0 Å². The summed E-state index contributed by atoms with van der Waals surface area (Å²) in [5, 5.41) is 17.9. The van der Waals surface area contributed by atoms with E-state index in [0.717, 1.165) is 0 Å². The zero-order chi connectivity index (χ0) is 16.3. The van der Waals surface area contributed by atoms with Crippen LogP contribution >= 0.6 is 0 Å². The van der Waals surface area contributed by atoms with Gasteiger partial charge in [0.1, 0.15) is 6.04 Å². The Bertz CT molecular complexity index is 669. The summed E-state index contributed by atoms with van der Waals surface area (Å²) < 4.78 is 26.4. The molecular weight excluding hydrogens is 292 g/mol. The maximum Gasteiger partial charge on any atom is 0.322 e. The maximum atomic E-state index is 12.1. The zero-order valence-electron chi connectivity index (χ0n) is 12.1. The molecule has 0 saturated carbocycles. The van der Waals surface area contributed by atoms with Gasteiger partial charge in [0.2, 0.25) is 10.0 Å². The SMILES string of the molecule is CC(C)(C)C(NS(=O)(=O)Cc1cccc(C#N)c1)C(=O)O. The van der Waals surface area contributed by atoms with Crippen LogP contribution in [0.1, 0.15) is 31.9 Å². The Hall–Kier alpha value is -1.91. The van der Waals surface area contributed by atoms with Crippen molar-refractivity contribution in [3.8, 4) is 6.07 Å². The molecule has 0 aliphatic rings. The first-order valence-corrected chi connectivity index (χ1v) is 7.92. The molecule has 7 heteroatoms. The summed E-state index contributed by atoms with van der Waals surface area (Å²) in [4.78, 5) is 11.2. The van der Waals surface area contributed by atoms with Crippen molar-refractivity contribution < 1.29 is 18.3 Å². The summed E-state index contributed by atoms with van der Waals surface area (Å²) in [6.45, 7) is 4.93. The highest BCUT2D eigenvalue weighted by atomic mass is 32.2. The Balaban J connectivity index is 2.96. The number of benzene rings is 1. The van der Waals surface area contributed by atoms with Crippen LogP contribution in [0.2, 0.25) is 0 Å². The van der Waals surface area contributed by atoms with Gasteiger partial charge in [0.05, 0.1) is 17.4 Å². The van der Waals surface area contributed by atoms with Crippen LogP contribution in [0.3, 0.4) is 0 Å². The van der Waals surface area contributed by atoms with Crippen molar-refractivity contribution in [1.82, 2.24) is 4.72 Å². The molecule has 1 unspecified atom stereocenters. The minimum Gasteiger partial charge on any atom is -0.480 e. The number of hydrogen-bond acceptors (Lipinski definition) is 4. The molecule has 1 rings (SSSR count). The topological polar surface area (TPSA) is 107 Å². The number of carboxylic acids is 1. The lowest BCUT2D eigenvalue weighted by molar-refractivity contribution is -0.141. The molecule has 0 saturated heterocycles.